The molecule has 1 unspecified atom stereocenters. The van der Waals surface area contributed by atoms with E-state index in [-0.39, 0.29) is 17.9 Å². The number of urea groups is 1. The first-order chi connectivity index (χ1) is 9.26. The van der Waals surface area contributed by atoms with Gasteiger partial charge in [-0.25, -0.2) is 4.79 Å². The Kier molecular flexibility index (Phi) is 9.46. The molecule has 0 aromatic carbocycles. The second-order valence-corrected chi connectivity index (χ2v) is 7.10. The molecule has 2 amide bonds. The summed E-state index contributed by atoms with van der Waals surface area (Å²) in [5.41, 5.74) is -0.0704. The van der Waals surface area contributed by atoms with Gasteiger partial charge < -0.3 is 15.7 Å². The predicted molar refractivity (Wildman–Crippen MR) is 84.3 cm³/mol. The molecule has 0 fully saturated rings. The van der Waals surface area contributed by atoms with Crippen LogP contribution in [0.25, 0.3) is 0 Å². The summed E-state index contributed by atoms with van der Waals surface area (Å²) in [7, 11) is 0. The number of carbonyl (C=O) groups is 2. The molecule has 0 aliphatic heterocycles. The number of amides is 2. The molecule has 20 heavy (non-hydrogen) atoms. The lowest BCUT2D eigenvalue weighted by atomic mass is 9.84. The minimum Gasteiger partial charge on any atom is -0.481 e. The summed E-state index contributed by atoms with van der Waals surface area (Å²) >= 11 is 1.79. The number of carbonyl (C=O) groups excluding carboxylic acids is 1. The van der Waals surface area contributed by atoms with Crippen LogP contribution in [0.15, 0.2) is 0 Å². The molecule has 0 radical (unpaired) electrons. The molecule has 118 valence electrons. The first kappa shape index (κ1) is 19.1. The third kappa shape index (κ3) is 11.0. The number of carboxylic acid groups (broad SMARTS) is 1. The van der Waals surface area contributed by atoms with Crippen LogP contribution in [0.3, 0.4) is 0 Å². The van der Waals surface area contributed by atoms with Crippen molar-refractivity contribution in [2.24, 2.45) is 5.41 Å². The van der Waals surface area contributed by atoms with Gasteiger partial charge in [0.25, 0.3) is 0 Å². The molecule has 0 aromatic rings. The maximum Gasteiger partial charge on any atom is 0.314 e. The Morgan fingerprint density at radius 1 is 1.20 bits per heavy atom. The number of rotatable bonds is 10. The molecule has 6 heteroatoms. The Labute approximate surface area is 126 Å². The van der Waals surface area contributed by atoms with Crippen LogP contribution >= 0.6 is 11.8 Å². The van der Waals surface area contributed by atoms with Crippen molar-refractivity contribution in [1.29, 1.82) is 0 Å². The highest BCUT2D eigenvalue weighted by Gasteiger charge is 2.19. The predicted octanol–water partition coefficient (Wildman–Crippen LogP) is 2.71. The molecule has 0 aromatic heterocycles. The summed E-state index contributed by atoms with van der Waals surface area (Å²) < 4.78 is 0. The highest BCUT2D eigenvalue weighted by atomic mass is 32.2. The smallest absolute Gasteiger partial charge is 0.314 e. The van der Waals surface area contributed by atoms with Gasteiger partial charge in [-0.15, -0.1) is 0 Å². The standard InChI is InChI=1S/C14H28N2O3S/c1-11(20-4)6-9-15-13(19)16-10-8-14(2,3)7-5-12(17)18/h11H,5-10H2,1-4H3,(H,17,18)(H2,15,16,19). The van der Waals surface area contributed by atoms with Crippen molar-refractivity contribution in [3.8, 4) is 0 Å². The topological polar surface area (TPSA) is 78.4 Å². The highest BCUT2D eigenvalue weighted by Crippen LogP contribution is 2.25. The lowest BCUT2D eigenvalue weighted by molar-refractivity contribution is -0.137. The van der Waals surface area contributed by atoms with Crippen molar-refractivity contribution in [3.05, 3.63) is 0 Å². The van der Waals surface area contributed by atoms with E-state index in [1.165, 1.54) is 0 Å². The molecule has 0 spiro atoms. The van der Waals surface area contributed by atoms with Crippen LogP contribution in [0.2, 0.25) is 0 Å². The van der Waals surface area contributed by atoms with Crippen LogP contribution in [0.4, 0.5) is 4.79 Å². The third-order valence-electron chi connectivity index (χ3n) is 3.34. The zero-order valence-electron chi connectivity index (χ0n) is 13.0. The highest BCUT2D eigenvalue weighted by molar-refractivity contribution is 7.99. The van der Waals surface area contributed by atoms with Gasteiger partial charge in [-0.05, 0) is 30.9 Å². The second-order valence-electron chi connectivity index (χ2n) is 5.83. The van der Waals surface area contributed by atoms with E-state index in [2.05, 4.69) is 23.8 Å². The average Bonchev–Trinajstić information content (AvgIpc) is 2.36. The van der Waals surface area contributed by atoms with Crippen LogP contribution in [0, 0.1) is 5.41 Å². The maximum absolute atomic E-state index is 11.5. The molecule has 5 nitrogen and oxygen atoms in total. The number of carboxylic acids is 1. The third-order valence-corrected chi connectivity index (χ3v) is 4.38. The Bertz CT molecular complexity index is 309. The molecule has 0 aliphatic rings. The van der Waals surface area contributed by atoms with Gasteiger partial charge >= 0.3 is 12.0 Å². The Hall–Kier alpha value is -0.910. The summed E-state index contributed by atoms with van der Waals surface area (Å²) in [6.45, 7) is 7.42. The minimum atomic E-state index is -0.772. The van der Waals surface area contributed by atoms with E-state index in [0.717, 1.165) is 12.8 Å². The van der Waals surface area contributed by atoms with Crippen LogP contribution in [0.5, 0.6) is 0 Å². The Morgan fingerprint density at radius 3 is 2.35 bits per heavy atom. The number of thioether (sulfide) groups is 1. The first-order valence-corrected chi connectivity index (χ1v) is 8.32. The van der Waals surface area contributed by atoms with Gasteiger partial charge in [0.15, 0.2) is 0 Å². The number of hydrogen-bond donors (Lipinski definition) is 3. The van der Waals surface area contributed by atoms with Crippen LogP contribution < -0.4 is 10.6 Å². The SMILES string of the molecule is CSC(C)CCNC(=O)NCCC(C)(C)CCC(=O)O. The summed E-state index contributed by atoms with van der Waals surface area (Å²) in [5, 5.41) is 14.9. The molecule has 0 aliphatic carbocycles. The molecule has 0 saturated carbocycles. The van der Waals surface area contributed by atoms with E-state index >= 15 is 0 Å². The summed E-state index contributed by atoms with van der Waals surface area (Å²) in [6.07, 6.45) is 4.58. The number of aliphatic carboxylic acids is 1. The molecular formula is C14H28N2O3S. The average molecular weight is 304 g/mol. The second kappa shape index (κ2) is 9.91. The fraction of sp³-hybridized carbons (Fsp3) is 0.857. The minimum absolute atomic E-state index is 0.0704. The zero-order valence-corrected chi connectivity index (χ0v) is 13.8. The Morgan fingerprint density at radius 2 is 1.80 bits per heavy atom. The fourth-order valence-electron chi connectivity index (χ4n) is 1.65. The molecular weight excluding hydrogens is 276 g/mol. The van der Waals surface area contributed by atoms with E-state index in [4.69, 9.17) is 5.11 Å². The molecule has 3 N–H and O–H groups in total. The van der Waals surface area contributed by atoms with E-state index in [1.807, 2.05) is 13.8 Å². The normalized spacial score (nSPS) is 12.8. The van der Waals surface area contributed by atoms with E-state index in [9.17, 15) is 9.59 Å². The van der Waals surface area contributed by atoms with Gasteiger partial charge in [-0.3, -0.25) is 4.79 Å². The van der Waals surface area contributed by atoms with Gasteiger partial charge in [0.05, 0.1) is 0 Å². The van der Waals surface area contributed by atoms with Crippen molar-refractivity contribution in [2.45, 2.75) is 51.7 Å². The Balaban J connectivity index is 3.71. The first-order valence-electron chi connectivity index (χ1n) is 7.03. The summed E-state index contributed by atoms with van der Waals surface area (Å²) in [4.78, 5) is 22.1. The van der Waals surface area contributed by atoms with Crippen molar-refractivity contribution in [3.63, 3.8) is 0 Å². The number of hydrogen-bond acceptors (Lipinski definition) is 3. The van der Waals surface area contributed by atoms with Crippen molar-refractivity contribution in [1.82, 2.24) is 10.6 Å². The van der Waals surface area contributed by atoms with E-state index in [0.29, 0.717) is 24.8 Å². The van der Waals surface area contributed by atoms with Crippen LogP contribution in [-0.4, -0.2) is 41.7 Å². The quantitative estimate of drug-likeness (QED) is 0.580. The zero-order chi connectivity index (χ0) is 15.6. The summed E-state index contributed by atoms with van der Waals surface area (Å²) in [6, 6.07) is -0.146. The monoisotopic (exact) mass is 304 g/mol. The van der Waals surface area contributed by atoms with Crippen molar-refractivity contribution in [2.75, 3.05) is 19.3 Å². The van der Waals surface area contributed by atoms with Gasteiger partial charge in [-0.2, -0.15) is 11.8 Å². The van der Waals surface area contributed by atoms with Gasteiger partial charge in [-0.1, -0.05) is 20.8 Å². The van der Waals surface area contributed by atoms with E-state index < -0.39 is 5.97 Å². The van der Waals surface area contributed by atoms with Gasteiger partial charge in [0, 0.05) is 24.8 Å². The van der Waals surface area contributed by atoms with Crippen molar-refractivity contribution >= 4 is 23.8 Å². The summed E-state index contributed by atoms with van der Waals surface area (Å²) in [5.74, 6) is -0.772. The molecule has 0 heterocycles. The largest absolute Gasteiger partial charge is 0.481 e. The van der Waals surface area contributed by atoms with Crippen LogP contribution in [-0.2, 0) is 4.79 Å². The lowest BCUT2D eigenvalue weighted by Crippen LogP contribution is -2.38. The fourth-order valence-corrected chi connectivity index (χ4v) is 2.01. The molecule has 0 rings (SSSR count). The van der Waals surface area contributed by atoms with E-state index in [1.54, 1.807) is 11.8 Å². The maximum atomic E-state index is 11.5. The lowest BCUT2D eigenvalue weighted by Gasteiger charge is -2.23. The number of nitrogens with one attached hydrogen (secondary N) is 2. The molecule has 0 saturated heterocycles. The van der Waals surface area contributed by atoms with Crippen molar-refractivity contribution < 1.29 is 14.7 Å². The van der Waals surface area contributed by atoms with Gasteiger partial charge in [0.2, 0.25) is 0 Å². The molecule has 1 atom stereocenters. The van der Waals surface area contributed by atoms with Crippen LogP contribution in [0.1, 0.15) is 46.5 Å². The van der Waals surface area contributed by atoms with Gasteiger partial charge in [0.1, 0.15) is 0 Å². The molecule has 0 bridgehead atoms.